The van der Waals surface area contributed by atoms with Crippen LogP contribution in [0.15, 0.2) is 23.3 Å². The van der Waals surface area contributed by atoms with Crippen molar-refractivity contribution in [2.75, 3.05) is 0 Å². The van der Waals surface area contributed by atoms with E-state index in [1.807, 2.05) is 0 Å². The molecule has 3 saturated carbocycles. The quantitative estimate of drug-likeness (QED) is 0.504. The fraction of sp³-hybridized carbons (Fsp3) is 0.852. The molecule has 0 aromatic heterocycles. The van der Waals surface area contributed by atoms with Crippen LogP contribution < -0.4 is 0 Å². The summed E-state index contributed by atoms with van der Waals surface area (Å²) in [5, 5.41) is 10.2. The van der Waals surface area contributed by atoms with Gasteiger partial charge in [0.05, 0.1) is 6.10 Å². The zero-order valence-electron chi connectivity index (χ0n) is 19.1. The van der Waals surface area contributed by atoms with Crippen LogP contribution in [0.2, 0.25) is 0 Å². The molecular weight excluding hydrogens is 340 g/mol. The fourth-order valence-corrected chi connectivity index (χ4v) is 8.45. The van der Waals surface area contributed by atoms with Crippen LogP contribution in [-0.4, -0.2) is 11.2 Å². The monoisotopic (exact) mass is 384 g/mol. The second-order valence-corrected chi connectivity index (χ2v) is 11.7. The van der Waals surface area contributed by atoms with Gasteiger partial charge in [-0.2, -0.15) is 0 Å². The first-order valence-corrected chi connectivity index (χ1v) is 12.3. The third kappa shape index (κ3) is 3.34. The highest BCUT2D eigenvalue weighted by Crippen LogP contribution is 2.67. The molecule has 1 heteroatoms. The summed E-state index contributed by atoms with van der Waals surface area (Å²) in [5.41, 5.74) is 4.04. The average Bonchev–Trinajstić information content (AvgIpc) is 2.99. The van der Waals surface area contributed by atoms with E-state index in [1.54, 1.807) is 5.57 Å². The minimum atomic E-state index is -0.0813. The predicted octanol–water partition coefficient (Wildman–Crippen LogP) is 7.31. The van der Waals surface area contributed by atoms with Gasteiger partial charge in [0.25, 0.3) is 0 Å². The second-order valence-electron chi connectivity index (χ2n) is 11.7. The molecule has 4 aliphatic carbocycles. The van der Waals surface area contributed by atoms with Crippen LogP contribution in [0.25, 0.3) is 0 Å². The van der Waals surface area contributed by atoms with Gasteiger partial charge in [-0.1, -0.05) is 44.1 Å². The van der Waals surface area contributed by atoms with E-state index in [0.717, 1.165) is 42.4 Å². The van der Waals surface area contributed by atoms with Gasteiger partial charge in [-0.3, -0.25) is 0 Å². The second kappa shape index (κ2) is 7.60. The van der Waals surface area contributed by atoms with Crippen LogP contribution in [0.1, 0.15) is 98.8 Å². The van der Waals surface area contributed by atoms with Gasteiger partial charge in [0.15, 0.2) is 0 Å². The Balaban J connectivity index is 1.51. The first kappa shape index (κ1) is 20.7. The Labute approximate surface area is 174 Å². The van der Waals surface area contributed by atoms with Crippen molar-refractivity contribution in [3.05, 3.63) is 23.3 Å². The van der Waals surface area contributed by atoms with Crippen LogP contribution in [0.5, 0.6) is 0 Å². The summed E-state index contributed by atoms with van der Waals surface area (Å²) in [6.07, 6.45) is 17.9. The number of hydrogen-bond acceptors (Lipinski definition) is 1. The molecule has 0 amide bonds. The van der Waals surface area contributed by atoms with E-state index in [9.17, 15) is 5.11 Å². The van der Waals surface area contributed by atoms with Crippen LogP contribution >= 0.6 is 0 Å². The van der Waals surface area contributed by atoms with Gasteiger partial charge in [-0.15, -0.1) is 0 Å². The van der Waals surface area contributed by atoms with E-state index in [4.69, 9.17) is 0 Å². The summed E-state index contributed by atoms with van der Waals surface area (Å²) in [6, 6.07) is 0. The Kier molecular flexibility index (Phi) is 5.62. The van der Waals surface area contributed by atoms with Gasteiger partial charge in [-0.25, -0.2) is 0 Å². The number of fused-ring (bicyclic) bond motifs is 5. The standard InChI is InChI=1S/C27H44O/c1-18(2)7-6-8-19(3)23-11-12-24-22-10-9-20-17-21(28)13-15-26(20,4)25(22)14-16-27(23,24)5/h7,9,19,21-25,28H,6,8,10-17H2,1-5H3/t19-,21-,22+,23-,24+,25+,26+,27-/m1/s1. The molecule has 4 rings (SSSR count). The smallest absolute Gasteiger partial charge is 0.0577 e. The average molecular weight is 385 g/mol. The Bertz CT molecular complexity index is 641. The van der Waals surface area contributed by atoms with Crippen molar-refractivity contribution >= 4 is 0 Å². The van der Waals surface area contributed by atoms with Crippen molar-refractivity contribution in [3.8, 4) is 0 Å². The minimum absolute atomic E-state index is 0.0813. The van der Waals surface area contributed by atoms with E-state index in [0.29, 0.717) is 10.8 Å². The third-order valence-electron chi connectivity index (χ3n) is 10.0. The van der Waals surface area contributed by atoms with Crippen molar-refractivity contribution < 1.29 is 5.11 Å². The molecule has 1 N–H and O–H groups in total. The summed E-state index contributed by atoms with van der Waals surface area (Å²) >= 11 is 0. The van der Waals surface area contributed by atoms with E-state index in [2.05, 4.69) is 46.8 Å². The van der Waals surface area contributed by atoms with Gasteiger partial charge >= 0.3 is 0 Å². The molecule has 0 aromatic carbocycles. The normalized spacial score (nSPS) is 46.1. The molecular formula is C27H44O. The highest BCUT2D eigenvalue weighted by Gasteiger charge is 2.58. The summed E-state index contributed by atoms with van der Waals surface area (Å²) in [6.45, 7) is 12.2. The molecule has 1 nitrogen and oxygen atoms in total. The first-order valence-electron chi connectivity index (χ1n) is 12.3. The summed E-state index contributed by atoms with van der Waals surface area (Å²) < 4.78 is 0. The molecule has 4 aliphatic rings. The minimum Gasteiger partial charge on any atom is -0.393 e. The van der Waals surface area contributed by atoms with Crippen LogP contribution in [0.3, 0.4) is 0 Å². The van der Waals surface area contributed by atoms with Gasteiger partial charge in [0.2, 0.25) is 0 Å². The Morgan fingerprint density at radius 2 is 1.93 bits per heavy atom. The first-order chi connectivity index (χ1) is 13.3. The number of aliphatic hydroxyl groups is 1. The summed E-state index contributed by atoms with van der Waals surface area (Å²) in [4.78, 5) is 0. The van der Waals surface area contributed by atoms with Crippen molar-refractivity contribution in [2.45, 2.75) is 105 Å². The van der Waals surface area contributed by atoms with Crippen LogP contribution in [0, 0.1) is 40.4 Å². The maximum Gasteiger partial charge on any atom is 0.0577 e. The SMILES string of the molecule is CC(C)=CCC[C@@H](C)[C@H]1CC[C@H]2[C@@H]3CC=C4C[C@H](O)CC[C@]4(C)[C@H]3CC[C@]12C. The van der Waals surface area contributed by atoms with E-state index >= 15 is 0 Å². The van der Waals surface area contributed by atoms with Gasteiger partial charge < -0.3 is 5.11 Å². The van der Waals surface area contributed by atoms with E-state index < -0.39 is 0 Å². The fourth-order valence-electron chi connectivity index (χ4n) is 8.45. The molecule has 0 aliphatic heterocycles. The number of hydrogen-bond donors (Lipinski definition) is 1. The summed E-state index contributed by atoms with van der Waals surface area (Å²) in [5.74, 6) is 4.49. The van der Waals surface area contributed by atoms with E-state index in [1.165, 1.54) is 56.9 Å². The zero-order valence-corrected chi connectivity index (χ0v) is 19.1. The molecule has 28 heavy (non-hydrogen) atoms. The zero-order chi connectivity index (χ0) is 20.1. The highest BCUT2D eigenvalue weighted by atomic mass is 16.3. The van der Waals surface area contributed by atoms with Crippen molar-refractivity contribution in [2.24, 2.45) is 40.4 Å². The highest BCUT2D eigenvalue weighted by molar-refractivity contribution is 5.25. The molecule has 0 saturated heterocycles. The largest absolute Gasteiger partial charge is 0.393 e. The predicted molar refractivity (Wildman–Crippen MR) is 119 cm³/mol. The molecule has 0 spiro atoms. The van der Waals surface area contributed by atoms with Gasteiger partial charge in [0, 0.05) is 0 Å². The lowest BCUT2D eigenvalue weighted by Crippen LogP contribution is -2.50. The van der Waals surface area contributed by atoms with Gasteiger partial charge in [-0.05, 0) is 118 Å². The number of allylic oxidation sites excluding steroid dienone is 3. The molecule has 158 valence electrons. The summed E-state index contributed by atoms with van der Waals surface area (Å²) in [7, 11) is 0. The lowest BCUT2D eigenvalue weighted by molar-refractivity contribution is -0.0571. The van der Waals surface area contributed by atoms with E-state index in [-0.39, 0.29) is 6.10 Å². The maximum absolute atomic E-state index is 10.2. The Morgan fingerprint density at radius 3 is 2.68 bits per heavy atom. The van der Waals surface area contributed by atoms with Crippen molar-refractivity contribution in [1.82, 2.24) is 0 Å². The Hall–Kier alpha value is -0.560. The molecule has 8 atom stereocenters. The lowest BCUT2D eigenvalue weighted by Gasteiger charge is -2.58. The van der Waals surface area contributed by atoms with Crippen molar-refractivity contribution in [1.29, 1.82) is 0 Å². The Morgan fingerprint density at radius 1 is 1.14 bits per heavy atom. The topological polar surface area (TPSA) is 20.2 Å². The molecule has 0 bridgehead atoms. The van der Waals surface area contributed by atoms with Gasteiger partial charge in [0.1, 0.15) is 0 Å². The molecule has 3 fully saturated rings. The number of aliphatic hydroxyl groups excluding tert-OH is 1. The molecule has 0 heterocycles. The lowest BCUT2D eigenvalue weighted by atomic mass is 9.47. The number of rotatable bonds is 4. The van der Waals surface area contributed by atoms with Crippen LogP contribution in [0.4, 0.5) is 0 Å². The van der Waals surface area contributed by atoms with Crippen molar-refractivity contribution in [3.63, 3.8) is 0 Å². The maximum atomic E-state index is 10.2. The third-order valence-corrected chi connectivity index (χ3v) is 10.0. The van der Waals surface area contributed by atoms with Crippen LogP contribution in [-0.2, 0) is 0 Å². The molecule has 0 radical (unpaired) electrons. The molecule has 0 unspecified atom stereocenters. The molecule has 0 aromatic rings.